The average Bonchev–Trinajstić information content (AvgIpc) is 2.37. The van der Waals surface area contributed by atoms with Crippen molar-refractivity contribution in [3.05, 3.63) is 29.6 Å². The minimum atomic E-state index is -0.0817. The predicted octanol–water partition coefficient (Wildman–Crippen LogP) is 0.578. The van der Waals surface area contributed by atoms with E-state index in [1.54, 1.807) is 11.1 Å². The third-order valence-electron chi connectivity index (χ3n) is 3.09. The number of rotatable bonds is 2. The van der Waals surface area contributed by atoms with Crippen LogP contribution in [0.3, 0.4) is 0 Å². The average molecular weight is 249 g/mol. The third kappa shape index (κ3) is 2.68. The lowest BCUT2D eigenvalue weighted by atomic mass is 10.1. The van der Waals surface area contributed by atoms with Gasteiger partial charge in [-0.15, -0.1) is 0 Å². The highest BCUT2D eigenvalue weighted by Gasteiger charge is 2.29. The molecule has 1 fully saturated rings. The number of morpholine rings is 1. The Balaban J connectivity index is 2.16. The van der Waals surface area contributed by atoms with Gasteiger partial charge in [0.2, 0.25) is 0 Å². The highest BCUT2D eigenvalue weighted by atomic mass is 16.5. The van der Waals surface area contributed by atoms with Crippen LogP contribution in [0, 0.1) is 6.92 Å². The van der Waals surface area contributed by atoms with Crippen LogP contribution in [0.1, 0.15) is 23.0 Å². The highest BCUT2D eigenvalue weighted by molar-refractivity contribution is 5.93. The number of ether oxygens (including phenoxy) is 1. The van der Waals surface area contributed by atoms with Crippen LogP contribution in [0.4, 0.5) is 0 Å². The first-order valence-corrected chi connectivity index (χ1v) is 6.18. The molecule has 2 rings (SSSR count). The molecule has 0 spiro atoms. The second-order valence-electron chi connectivity index (χ2n) is 4.68. The number of nitrogens with two attached hydrogens (primary N) is 1. The first-order chi connectivity index (χ1) is 8.61. The van der Waals surface area contributed by atoms with E-state index in [9.17, 15) is 4.79 Å². The van der Waals surface area contributed by atoms with E-state index in [-0.39, 0.29) is 18.1 Å². The van der Waals surface area contributed by atoms with Crippen LogP contribution in [-0.4, -0.2) is 47.6 Å². The van der Waals surface area contributed by atoms with E-state index in [0.717, 1.165) is 5.56 Å². The molecule has 0 saturated carbocycles. The molecule has 2 N–H and O–H groups in total. The molecule has 1 aromatic heterocycles. The molecule has 2 atom stereocenters. The zero-order valence-corrected chi connectivity index (χ0v) is 10.8. The normalized spacial score (nSPS) is 24.1. The van der Waals surface area contributed by atoms with E-state index in [2.05, 4.69) is 4.98 Å². The number of nitrogens with zero attached hydrogens (tertiary/aromatic N) is 2. The number of hydrogen-bond acceptors (Lipinski definition) is 4. The first-order valence-electron chi connectivity index (χ1n) is 6.18. The molecule has 0 aromatic carbocycles. The van der Waals surface area contributed by atoms with Crippen LogP contribution in [0.25, 0.3) is 0 Å². The van der Waals surface area contributed by atoms with Crippen molar-refractivity contribution in [3.63, 3.8) is 0 Å². The number of pyridine rings is 1. The van der Waals surface area contributed by atoms with Gasteiger partial charge in [-0.3, -0.25) is 9.78 Å². The topological polar surface area (TPSA) is 68.5 Å². The maximum atomic E-state index is 12.4. The quantitative estimate of drug-likeness (QED) is 0.832. The fourth-order valence-electron chi connectivity index (χ4n) is 2.20. The Kier molecular flexibility index (Phi) is 3.93. The van der Waals surface area contributed by atoms with Gasteiger partial charge < -0.3 is 15.4 Å². The van der Waals surface area contributed by atoms with Gasteiger partial charge in [0, 0.05) is 25.8 Å². The summed E-state index contributed by atoms with van der Waals surface area (Å²) in [7, 11) is 0. The van der Waals surface area contributed by atoms with Gasteiger partial charge >= 0.3 is 0 Å². The number of carbonyl (C=O) groups is 1. The molecule has 5 nitrogen and oxygen atoms in total. The molecule has 1 aliphatic rings. The predicted molar refractivity (Wildman–Crippen MR) is 68.3 cm³/mol. The van der Waals surface area contributed by atoms with Gasteiger partial charge in [-0.05, 0) is 25.5 Å². The first kappa shape index (κ1) is 13.0. The molecule has 0 bridgehead atoms. The van der Waals surface area contributed by atoms with Crippen molar-refractivity contribution >= 4 is 5.91 Å². The van der Waals surface area contributed by atoms with Gasteiger partial charge in [0.1, 0.15) is 5.69 Å². The Morgan fingerprint density at radius 1 is 1.61 bits per heavy atom. The molecule has 18 heavy (non-hydrogen) atoms. The van der Waals surface area contributed by atoms with Crippen LogP contribution in [-0.2, 0) is 4.74 Å². The van der Waals surface area contributed by atoms with Gasteiger partial charge in [0.05, 0.1) is 12.2 Å². The van der Waals surface area contributed by atoms with E-state index < -0.39 is 0 Å². The van der Waals surface area contributed by atoms with Crippen molar-refractivity contribution in [2.75, 3.05) is 19.6 Å². The lowest BCUT2D eigenvalue weighted by Gasteiger charge is -2.36. The zero-order chi connectivity index (χ0) is 13.1. The lowest BCUT2D eigenvalue weighted by molar-refractivity contribution is -0.0627. The van der Waals surface area contributed by atoms with Crippen molar-refractivity contribution in [1.82, 2.24) is 9.88 Å². The molecule has 1 aliphatic heterocycles. The molecule has 0 radical (unpaired) electrons. The smallest absolute Gasteiger partial charge is 0.272 e. The summed E-state index contributed by atoms with van der Waals surface area (Å²) in [5, 5.41) is 0. The SMILES string of the molecule is Cc1cccnc1C(=O)N1CC(C)OC(CN)C1. The Labute approximate surface area is 107 Å². The fraction of sp³-hybridized carbons (Fsp3) is 0.538. The molecule has 2 unspecified atom stereocenters. The summed E-state index contributed by atoms with van der Waals surface area (Å²) in [5.74, 6) is -0.0401. The molecule has 1 aromatic rings. The number of hydrogen-bond donors (Lipinski definition) is 1. The molecule has 1 amide bonds. The molecular formula is C13H19N3O2. The van der Waals surface area contributed by atoms with Crippen molar-refractivity contribution in [2.24, 2.45) is 5.73 Å². The van der Waals surface area contributed by atoms with Crippen molar-refractivity contribution in [3.8, 4) is 0 Å². The van der Waals surface area contributed by atoms with E-state index in [4.69, 9.17) is 10.5 Å². The van der Waals surface area contributed by atoms with Crippen molar-refractivity contribution in [1.29, 1.82) is 0 Å². The van der Waals surface area contributed by atoms with Gasteiger partial charge in [-0.25, -0.2) is 0 Å². The van der Waals surface area contributed by atoms with Crippen LogP contribution in [0.2, 0.25) is 0 Å². The summed E-state index contributed by atoms with van der Waals surface area (Å²) in [6.45, 7) is 5.40. The number of aryl methyl sites for hydroxylation is 1. The standard InChI is InChI=1S/C13H19N3O2/c1-9-4-3-5-15-12(9)13(17)16-7-10(2)18-11(6-14)8-16/h3-5,10-11H,6-8,14H2,1-2H3. The zero-order valence-electron chi connectivity index (χ0n) is 10.8. The molecule has 0 aliphatic carbocycles. The summed E-state index contributed by atoms with van der Waals surface area (Å²) in [5.41, 5.74) is 7.03. The monoisotopic (exact) mass is 249 g/mol. The number of aromatic nitrogens is 1. The molecule has 1 saturated heterocycles. The van der Waals surface area contributed by atoms with E-state index in [1.165, 1.54) is 0 Å². The van der Waals surface area contributed by atoms with Crippen LogP contribution in [0.5, 0.6) is 0 Å². The summed E-state index contributed by atoms with van der Waals surface area (Å²) in [6.07, 6.45) is 1.58. The number of amides is 1. The second-order valence-corrected chi connectivity index (χ2v) is 4.68. The van der Waals surface area contributed by atoms with Crippen molar-refractivity contribution < 1.29 is 9.53 Å². The minimum absolute atomic E-state index is 0.0141. The fourth-order valence-corrected chi connectivity index (χ4v) is 2.20. The summed E-state index contributed by atoms with van der Waals surface area (Å²) < 4.78 is 5.64. The van der Waals surface area contributed by atoms with E-state index in [0.29, 0.717) is 25.3 Å². The Morgan fingerprint density at radius 3 is 3.06 bits per heavy atom. The van der Waals surface area contributed by atoms with Gasteiger partial charge in [0.15, 0.2) is 0 Å². The molecular weight excluding hydrogens is 230 g/mol. The second kappa shape index (κ2) is 5.46. The molecule has 2 heterocycles. The number of carbonyl (C=O) groups excluding carboxylic acids is 1. The Hall–Kier alpha value is -1.46. The van der Waals surface area contributed by atoms with Gasteiger partial charge in [-0.2, -0.15) is 0 Å². The van der Waals surface area contributed by atoms with Crippen LogP contribution < -0.4 is 5.73 Å². The lowest BCUT2D eigenvalue weighted by Crippen LogP contribution is -2.51. The maximum Gasteiger partial charge on any atom is 0.272 e. The maximum absolute atomic E-state index is 12.4. The van der Waals surface area contributed by atoms with Gasteiger partial charge in [-0.1, -0.05) is 6.07 Å². The molecule has 98 valence electrons. The highest BCUT2D eigenvalue weighted by Crippen LogP contribution is 2.14. The van der Waals surface area contributed by atoms with E-state index in [1.807, 2.05) is 26.0 Å². The van der Waals surface area contributed by atoms with Crippen molar-refractivity contribution in [2.45, 2.75) is 26.1 Å². The third-order valence-corrected chi connectivity index (χ3v) is 3.09. The summed E-state index contributed by atoms with van der Waals surface area (Å²) >= 11 is 0. The summed E-state index contributed by atoms with van der Waals surface area (Å²) in [6, 6.07) is 3.72. The Morgan fingerprint density at radius 2 is 2.39 bits per heavy atom. The van der Waals surface area contributed by atoms with Gasteiger partial charge in [0.25, 0.3) is 5.91 Å². The summed E-state index contributed by atoms with van der Waals surface area (Å²) in [4.78, 5) is 18.3. The minimum Gasteiger partial charge on any atom is -0.370 e. The largest absolute Gasteiger partial charge is 0.370 e. The van der Waals surface area contributed by atoms with Crippen LogP contribution in [0.15, 0.2) is 18.3 Å². The Bertz CT molecular complexity index is 436. The van der Waals surface area contributed by atoms with E-state index >= 15 is 0 Å². The van der Waals surface area contributed by atoms with Crippen LogP contribution >= 0.6 is 0 Å². The molecule has 5 heteroatoms.